The number of hydrogen-bond donors (Lipinski definition) is 2. The van der Waals surface area contributed by atoms with Crippen LogP contribution < -0.4 is 10.6 Å². The zero-order chi connectivity index (χ0) is 13.9. The van der Waals surface area contributed by atoms with Crippen LogP contribution in [0.4, 0.5) is 5.82 Å². The molecule has 0 aliphatic rings. The van der Waals surface area contributed by atoms with Crippen LogP contribution >= 0.6 is 11.6 Å². The van der Waals surface area contributed by atoms with Crippen molar-refractivity contribution in [3.05, 3.63) is 16.5 Å². The van der Waals surface area contributed by atoms with Crippen molar-refractivity contribution in [2.75, 3.05) is 11.9 Å². The van der Waals surface area contributed by atoms with E-state index >= 15 is 0 Å². The Morgan fingerprint density at radius 3 is 2.44 bits per heavy atom. The van der Waals surface area contributed by atoms with Gasteiger partial charge in [0.25, 0.3) is 0 Å². The van der Waals surface area contributed by atoms with Gasteiger partial charge >= 0.3 is 0 Å². The Balaban J connectivity index is 2.67. The van der Waals surface area contributed by atoms with E-state index in [9.17, 15) is 4.79 Å². The number of aryl methyl sites for hydroxylation is 1. The summed E-state index contributed by atoms with van der Waals surface area (Å²) in [7, 11) is 0. The Kier molecular flexibility index (Phi) is 4.51. The highest BCUT2D eigenvalue weighted by atomic mass is 35.5. The fourth-order valence-corrected chi connectivity index (χ4v) is 1.60. The van der Waals surface area contributed by atoms with E-state index in [4.69, 9.17) is 11.6 Å². The fraction of sp³-hybridized carbons (Fsp3) is 0.583. The van der Waals surface area contributed by atoms with Gasteiger partial charge in [-0.3, -0.25) is 4.79 Å². The lowest BCUT2D eigenvalue weighted by atomic mass is 10.1. The van der Waals surface area contributed by atoms with Gasteiger partial charge in [0, 0.05) is 11.1 Å². The number of halogens is 1. The standard InChI is InChI=1S/C12H19ClN4O/c1-7-10(13)15-8(2)16-11(7)14-6-9(18)17-12(3,4)5/h6H2,1-5H3,(H,17,18)(H,14,15,16). The van der Waals surface area contributed by atoms with Gasteiger partial charge in [0.2, 0.25) is 5.91 Å². The van der Waals surface area contributed by atoms with Crippen LogP contribution in [0.15, 0.2) is 0 Å². The first-order valence-electron chi connectivity index (χ1n) is 5.74. The van der Waals surface area contributed by atoms with Gasteiger partial charge in [0.1, 0.15) is 16.8 Å². The summed E-state index contributed by atoms with van der Waals surface area (Å²) in [6.07, 6.45) is 0. The maximum absolute atomic E-state index is 11.7. The van der Waals surface area contributed by atoms with Crippen LogP contribution in [0.3, 0.4) is 0 Å². The first-order valence-corrected chi connectivity index (χ1v) is 6.12. The van der Waals surface area contributed by atoms with Gasteiger partial charge < -0.3 is 10.6 Å². The zero-order valence-corrected chi connectivity index (χ0v) is 12.1. The molecule has 0 aliphatic carbocycles. The van der Waals surface area contributed by atoms with Crippen molar-refractivity contribution in [3.63, 3.8) is 0 Å². The number of hydrogen-bond acceptors (Lipinski definition) is 4. The molecule has 0 saturated heterocycles. The largest absolute Gasteiger partial charge is 0.361 e. The average molecular weight is 271 g/mol. The molecule has 1 rings (SSSR count). The monoisotopic (exact) mass is 270 g/mol. The predicted molar refractivity (Wildman–Crippen MR) is 72.9 cm³/mol. The maximum Gasteiger partial charge on any atom is 0.239 e. The van der Waals surface area contributed by atoms with Gasteiger partial charge in [-0.1, -0.05) is 11.6 Å². The molecule has 0 saturated carbocycles. The van der Waals surface area contributed by atoms with Gasteiger partial charge in [0.05, 0.1) is 6.54 Å². The van der Waals surface area contributed by atoms with Crippen molar-refractivity contribution < 1.29 is 4.79 Å². The van der Waals surface area contributed by atoms with Crippen LogP contribution in [0.1, 0.15) is 32.2 Å². The van der Waals surface area contributed by atoms with Gasteiger partial charge in [-0.25, -0.2) is 9.97 Å². The van der Waals surface area contributed by atoms with E-state index in [-0.39, 0.29) is 18.0 Å². The SMILES string of the molecule is Cc1nc(Cl)c(C)c(NCC(=O)NC(C)(C)C)n1. The summed E-state index contributed by atoms with van der Waals surface area (Å²) in [6.45, 7) is 9.52. The zero-order valence-electron chi connectivity index (χ0n) is 11.4. The van der Waals surface area contributed by atoms with Crippen LogP contribution in [0, 0.1) is 13.8 Å². The maximum atomic E-state index is 11.7. The van der Waals surface area contributed by atoms with Gasteiger partial charge in [-0.2, -0.15) is 0 Å². The highest BCUT2D eigenvalue weighted by molar-refractivity contribution is 6.30. The number of nitrogens with one attached hydrogen (secondary N) is 2. The first kappa shape index (κ1) is 14.7. The van der Waals surface area contributed by atoms with E-state index in [1.807, 2.05) is 27.7 Å². The molecule has 2 N–H and O–H groups in total. The summed E-state index contributed by atoms with van der Waals surface area (Å²) in [6, 6.07) is 0. The lowest BCUT2D eigenvalue weighted by Gasteiger charge is -2.20. The minimum Gasteiger partial charge on any atom is -0.361 e. The second-order valence-corrected chi connectivity index (χ2v) is 5.54. The molecular weight excluding hydrogens is 252 g/mol. The summed E-state index contributed by atoms with van der Waals surface area (Å²) in [5.74, 6) is 1.08. The van der Waals surface area contributed by atoms with Crippen LogP contribution in [0.25, 0.3) is 0 Å². The Morgan fingerprint density at radius 2 is 1.89 bits per heavy atom. The lowest BCUT2D eigenvalue weighted by Crippen LogP contribution is -2.43. The lowest BCUT2D eigenvalue weighted by molar-refractivity contribution is -0.120. The molecule has 0 atom stereocenters. The molecule has 18 heavy (non-hydrogen) atoms. The molecule has 0 fully saturated rings. The van der Waals surface area contributed by atoms with E-state index in [2.05, 4.69) is 20.6 Å². The van der Waals surface area contributed by atoms with Crippen molar-refractivity contribution in [1.29, 1.82) is 0 Å². The summed E-state index contributed by atoms with van der Waals surface area (Å²) in [5.41, 5.74) is 0.498. The van der Waals surface area contributed by atoms with Crippen LogP contribution in [-0.4, -0.2) is 28.0 Å². The normalized spacial score (nSPS) is 11.2. The molecule has 0 spiro atoms. The Bertz CT molecular complexity index is 454. The summed E-state index contributed by atoms with van der Waals surface area (Å²) in [5, 5.41) is 6.23. The molecule has 100 valence electrons. The molecular formula is C12H19ClN4O. The summed E-state index contributed by atoms with van der Waals surface area (Å²) < 4.78 is 0. The number of nitrogens with zero attached hydrogens (tertiary/aromatic N) is 2. The second kappa shape index (κ2) is 5.52. The van der Waals surface area contributed by atoms with E-state index in [1.54, 1.807) is 6.92 Å². The van der Waals surface area contributed by atoms with Gasteiger partial charge in [-0.05, 0) is 34.6 Å². The van der Waals surface area contributed by atoms with Crippen molar-refractivity contribution in [1.82, 2.24) is 15.3 Å². The topological polar surface area (TPSA) is 66.9 Å². The van der Waals surface area contributed by atoms with E-state index in [0.717, 1.165) is 5.56 Å². The molecule has 1 aromatic rings. The molecule has 0 aliphatic heterocycles. The molecule has 1 aromatic heterocycles. The summed E-state index contributed by atoms with van der Waals surface area (Å²) >= 11 is 5.95. The molecule has 0 unspecified atom stereocenters. The highest BCUT2D eigenvalue weighted by Crippen LogP contribution is 2.19. The van der Waals surface area contributed by atoms with Crippen molar-refractivity contribution in [2.24, 2.45) is 0 Å². The van der Waals surface area contributed by atoms with Gasteiger partial charge in [0.15, 0.2) is 0 Å². The summed E-state index contributed by atoms with van der Waals surface area (Å²) in [4.78, 5) is 19.9. The number of carbonyl (C=O) groups excluding carboxylic acids is 1. The number of amides is 1. The molecule has 0 radical (unpaired) electrons. The minimum absolute atomic E-state index is 0.0886. The molecule has 6 heteroatoms. The quantitative estimate of drug-likeness (QED) is 0.825. The number of anilines is 1. The Labute approximate surface area is 112 Å². The Hall–Kier alpha value is -1.36. The predicted octanol–water partition coefficient (Wildman–Crippen LogP) is 2.07. The third kappa shape index (κ3) is 4.49. The molecule has 0 bridgehead atoms. The smallest absolute Gasteiger partial charge is 0.239 e. The third-order valence-corrected chi connectivity index (χ3v) is 2.50. The van der Waals surface area contributed by atoms with Crippen molar-refractivity contribution >= 4 is 23.3 Å². The number of aromatic nitrogens is 2. The third-order valence-electron chi connectivity index (χ3n) is 2.13. The molecule has 1 amide bonds. The second-order valence-electron chi connectivity index (χ2n) is 5.19. The number of carbonyl (C=O) groups is 1. The molecule has 0 aromatic carbocycles. The van der Waals surface area contributed by atoms with Crippen molar-refractivity contribution in [3.8, 4) is 0 Å². The van der Waals surface area contributed by atoms with E-state index < -0.39 is 0 Å². The van der Waals surface area contributed by atoms with Crippen LogP contribution in [0.5, 0.6) is 0 Å². The average Bonchev–Trinajstić information content (AvgIpc) is 2.18. The molecule has 5 nitrogen and oxygen atoms in total. The van der Waals surface area contributed by atoms with Crippen molar-refractivity contribution in [2.45, 2.75) is 40.2 Å². The first-order chi connectivity index (χ1) is 8.19. The van der Waals surface area contributed by atoms with E-state index in [0.29, 0.717) is 16.8 Å². The fourth-order valence-electron chi connectivity index (χ4n) is 1.39. The van der Waals surface area contributed by atoms with Gasteiger partial charge in [-0.15, -0.1) is 0 Å². The highest BCUT2D eigenvalue weighted by Gasteiger charge is 2.14. The van der Waals surface area contributed by atoms with Crippen LogP contribution in [0.2, 0.25) is 5.15 Å². The minimum atomic E-state index is -0.243. The molecule has 1 heterocycles. The number of rotatable bonds is 3. The van der Waals surface area contributed by atoms with Crippen LogP contribution in [-0.2, 0) is 4.79 Å². The Morgan fingerprint density at radius 1 is 1.28 bits per heavy atom. The van der Waals surface area contributed by atoms with E-state index in [1.165, 1.54) is 0 Å².